The first-order valence-electron chi connectivity index (χ1n) is 7.23. The molecule has 1 aliphatic heterocycles. The van der Waals surface area contributed by atoms with Crippen LogP contribution in [0.25, 0.3) is 0 Å². The summed E-state index contributed by atoms with van der Waals surface area (Å²) in [4.78, 5) is 2.54. The summed E-state index contributed by atoms with van der Waals surface area (Å²) in [7, 11) is 2.03. The van der Waals surface area contributed by atoms with Crippen LogP contribution in [0, 0.1) is 5.92 Å². The smallest absolute Gasteiger partial charge is 0.0623 e. The Bertz CT molecular complexity index is 366. The van der Waals surface area contributed by atoms with Gasteiger partial charge in [0.1, 0.15) is 0 Å². The Morgan fingerprint density at radius 3 is 2.63 bits per heavy atom. The topological polar surface area (TPSA) is 24.5 Å². The quantitative estimate of drug-likeness (QED) is 0.850. The minimum atomic E-state index is 0.497. The van der Waals surface area contributed by atoms with Gasteiger partial charge >= 0.3 is 0 Å². The Morgan fingerprint density at radius 1 is 1.26 bits per heavy atom. The lowest BCUT2D eigenvalue weighted by Crippen LogP contribution is -2.42. The van der Waals surface area contributed by atoms with Crippen LogP contribution >= 0.6 is 0 Å². The molecule has 106 valence electrons. The van der Waals surface area contributed by atoms with E-state index < -0.39 is 0 Å². The predicted molar refractivity (Wildman–Crippen MR) is 79.1 cm³/mol. The van der Waals surface area contributed by atoms with Gasteiger partial charge in [-0.2, -0.15) is 0 Å². The number of rotatable bonds is 6. The Morgan fingerprint density at radius 2 is 2.00 bits per heavy atom. The van der Waals surface area contributed by atoms with Crippen LogP contribution in [-0.4, -0.2) is 43.8 Å². The number of likely N-dealkylation sites (N-methyl/N-ethyl adjacent to an activating group) is 1. The molecule has 0 saturated carbocycles. The fourth-order valence-electron chi connectivity index (χ4n) is 2.67. The lowest BCUT2D eigenvalue weighted by Gasteiger charge is -2.30. The number of benzene rings is 1. The minimum absolute atomic E-state index is 0.497. The second-order valence-electron chi connectivity index (χ2n) is 5.70. The molecule has 1 saturated heterocycles. The SMILES string of the molecule is CNC1COCC1CN(Cc1ccccc1)C(C)C. The van der Waals surface area contributed by atoms with Gasteiger partial charge in [0, 0.05) is 31.1 Å². The molecule has 2 atom stereocenters. The van der Waals surface area contributed by atoms with E-state index in [0.29, 0.717) is 18.0 Å². The van der Waals surface area contributed by atoms with Crippen LogP contribution in [0.4, 0.5) is 0 Å². The molecule has 1 aromatic rings. The van der Waals surface area contributed by atoms with E-state index in [9.17, 15) is 0 Å². The highest BCUT2D eigenvalue weighted by Gasteiger charge is 2.29. The van der Waals surface area contributed by atoms with E-state index in [1.54, 1.807) is 0 Å². The van der Waals surface area contributed by atoms with Crippen molar-refractivity contribution >= 4 is 0 Å². The van der Waals surface area contributed by atoms with Gasteiger partial charge in [0.05, 0.1) is 13.2 Å². The fraction of sp³-hybridized carbons (Fsp3) is 0.625. The van der Waals surface area contributed by atoms with E-state index in [1.165, 1.54) is 5.56 Å². The first-order chi connectivity index (χ1) is 9.20. The zero-order valence-electron chi connectivity index (χ0n) is 12.3. The first kappa shape index (κ1) is 14.5. The van der Waals surface area contributed by atoms with Gasteiger partial charge in [0.15, 0.2) is 0 Å². The van der Waals surface area contributed by atoms with Crippen LogP contribution in [0.3, 0.4) is 0 Å². The summed E-state index contributed by atoms with van der Waals surface area (Å²) in [5, 5.41) is 3.37. The molecule has 19 heavy (non-hydrogen) atoms. The van der Waals surface area contributed by atoms with Gasteiger partial charge in [0.25, 0.3) is 0 Å². The molecule has 1 heterocycles. The standard InChI is InChI=1S/C16H26N2O/c1-13(2)18(9-14-7-5-4-6-8-14)10-15-11-19-12-16(15)17-3/h4-8,13,15-17H,9-12H2,1-3H3. The van der Waals surface area contributed by atoms with E-state index in [0.717, 1.165) is 26.3 Å². The van der Waals surface area contributed by atoms with Gasteiger partial charge in [0.2, 0.25) is 0 Å². The Hall–Kier alpha value is -0.900. The van der Waals surface area contributed by atoms with Crippen LogP contribution in [0.2, 0.25) is 0 Å². The third-order valence-electron chi connectivity index (χ3n) is 4.00. The number of hydrogen-bond donors (Lipinski definition) is 1. The molecule has 0 aliphatic carbocycles. The van der Waals surface area contributed by atoms with E-state index in [-0.39, 0.29) is 0 Å². The molecule has 0 spiro atoms. The monoisotopic (exact) mass is 262 g/mol. The molecule has 3 heteroatoms. The maximum atomic E-state index is 5.60. The van der Waals surface area contributed by atoms with Crippen molar-refractivity contribution in [2.75, 3.05) is 26.8 Å². The van der Waals surface area contributed by atoms with Crippen LogP contribution in [0.5, 0.6) is 0 Å². The van der Waals surface area contributed by atoms with Crippen molar-refractivity contribution in [3.8, 4) is 0 Å². The Labute approximate surface area is 116 Å². The molecule has 2 rings (SSSR count). The number of ether oxygens (including phenoxy) is 1. The molecule has 1 fully saturated rings. The van der Waals surface area contributed by atoms with Crippen molar-refractivity contribution in [2.45, 2.75) is 32.5 Å². The van der Waals surface area contributed by atoms with Crippen LogP contribution < -0.4 is 5.32 Å². The van der Waals surface area contributed by atoms with Gasteiger partial charge in [-0.15, -0.1) is 0 Å². The highest BCUT2D eigenvalue weighted by molar-refractivity contribution is 5.14. The van der Waals surface area contributed by atoms with Crippen molar-refractivity contribution in [3.63, 3.8) is 0 Å². The van der Waals surface area contributed by atoms with Gasteiger partial charge < -0.3 is 10.1 Å². The Balaban J connectivity index is 1.96. The summed E-state index contributed by atoms with van der Waals surface area (Å²) in [6.07, 6.45) is 0. The zero-order valence-corrected chi connectivity index (χ0v) is 12.3. The highest BCUT2D eigenvalue weighted by atomic mass is 16.5. The van der Waals surface area contributed by atoms with E-state index in [1.807, 2.05) is 7.05 Å². The van der Waals surface area contributed by atoms with Crippen LogP contribution in [-0.2, 0) is 11.3 Å². The van der Waals surface area contributed by atoms with E-state index >= 15 is 0 Å². The molecule has 3 nitrogen and oxygen atoms in total. The molecule has 1 aromatic carbocycles. The molecule has 0 bridgehead atoms. The third-order valence-corrected chi connectivity index (χ3v) is 4.00. The largest absolute Gasteiger partial charge is 0.379 e. The molecule has 0 aromatic heterocycles. The van der Waals surface area contributed by atoms with Gasteiger partial charge in [-0.1, -0.05) is 30.3 Å². The highest BCUT2D eigenvalue weighted by Crippen LogP contribution is 2.18. The lowest BCUT2D eigenvalue weighted by molar-refractivity contribution is 0.147. The van der Waals surface area contributed by atoms with Crippen molar-refractivity contribution < 1.29 is 4.74 Å². The summed E-state index contributed by atoms with van der Waals surface area (Å²) < 4.78 is 5.60. The predicted octanol–water partition coefficient (Wildman–Crippen LogP) is 2.13. The average molecular weight is 262 g/mol. The number of nitrogens with zero attached hydrogens (tertiary/aromatic N) is 1. The second kappa shape index (κ2) is 7.04. The van der Waals surface area contributed by atoms with Gasteiger partial charge in [-0.05, 0) is 26.5 Å². The molecule has 0 amide bonds. The maximum absolute atomic E-state index is 5.60. The minimum Gasteiger partial charge on any atom is -0.379 e. The molecular weight excluding hydrogens is 236 g/mol. The zero-order chi connectivity index (χ0) is 13.7. The summed E-state index contributed by atoms with van der Waals surface area (Å²) in [5.41, 5.74) is 1.39. The first-order valence-corrected chi connectivity index (χ1v) is 7.23. The average Bonchev–Trinajstić information content (AvgIpc) is 2.86. The molecule has 2 unspecified atom stereocenters. The molecule has 0 radical (unpaired) electrons. The van der Waals surface area contributed by atoms with Crippen molar-refractivity contribution in [1.82, 2.24) is 10.2 Å². The molecular formula is C16H26N2O. The molecule has 1 aliphatic rings. The fourth-order valence-corrected chi connectivity index (χ4v) is 2.67. The van der Waals surface area contributed by atoms with Gasteiger partial charge in [-0.3, -0.25) is 4.90 Å². The van der Waals surface area contributed by atoms with Crippen molar-refractivity contribution in [2.24, 2.45) is 5.92 Å². The van der Waals surface area contributed by atoms with Crippen molar-refractivity contribution in [1.29, 1.82) is 0 Å². The van der Waals surface area contributed by atoms with Crippen LogP contribution in [0.15, 0.2) is 30.3 Å². The number of hydrogen-bond acceptors (Lipinski definition) is 3. The van der Waals surface area contributed by atoms with Crippen LogP contribution in [0.1, 0.15) is 19.4 Å². The summed E-state index contributed by atoms with van der Waals surface area (Å²) in [5.74, 6) is 0.594. The summed E-state index contributed by atoms with van der Waals surface area (Å²) in [6.45, 7) is 8.38. The normalized spacial score (nSPS) is 23.4. The summed E-state index contributed by atoms with van der Waals surface area (Å²) in [6, 6.07) is 11.8. The summed E-state index contributed by atoms with van der Waals surface area (Å²) >= 11 is 0. The van der Waals surface area contributed by atoms with Gasteiger partial charge in [-0.25, -0.2) is 0 Å². The number of nitrogens with one attached hydrogen (secondary N) is 1. The maximum Gasteiger partial charge on any atom is 0.0623 e. The van der Waals surface area contributed by atoms with E-state index in [2.05, 4.69) is 54.4 Å². The van der Waals surface area contributed by atoms with E-state index in [4.69, 9.17) is 4.74 Å². The van der Waals surface area contributed by atoms with Crippen molar-refractivity contribution in [3.05, 3.63) is 35.9 Å². The molecule has 1 N–H and O–H groups in total. The Kier molecular flexibility index (Phi) is 5.37. The lowest BCUT2D eigenvalue weighted by atomic mass is 10.0. The second-order valence-corrected chi connectivity index (χ2v) is 5.70. The third kappa shape index (κ3) is 4.03.